The smallest absolute Gasteiger partial charge is 0.194 e. The van der Waals surface area contributed by atoms with Gasteiger partial charge < -0.3 is 5.32 Å². The lowest BCUT2D eigenvalue weighted by molar-refractivity contribution is 0.447. The Morgan fingerprint density at radius 3 is 2.42 bits per heavy atom. The van der Waals surface area contributed by atoms with Crippen molar-refractivity contribution in [3.8, 4) is 11.4 Å². The first kappa shape index (κ1) is 14.0. The van der Waals surface area contributed by atoms with Crippen LogP contribution in [0.3, 0.4) is 0 Å². The molecule has 1 aromatic heterocycles. The molecular weight excluding hydrogens is 370 g/mol. The highest BCUT2D eigenvalue weighted by molar-refractivity contribution is 14.1. The van der Waals surface area contributed by atoms with Gasteiger partial charge in [-0.2, -0.15) is 0 Å². The predicted molar refractivity (Wildman–Crippen MR) is 74.2 cm³/mol. The van der Waals surface area contributed by atoms with Gasteiger partial charge in [0.05, 0.1) is 3.57 Å². The summed E-state index contributed by atoms with van der Waals surface area (Å²) in [7, 11) is 0. The van der Waals surface area contributed by atoms with Crippen molar-refractivity contribution in [3.05, 3.63) is 39.4 Å². The Labute approximate surface area is 121 Å². The molecule has 100 valence electrons. The Balaban J connectivity index is 2.50. The van der Waals surface area contributed by atoms with Crippen LogP contribution in [0.15, 0.2) is 18.3 Å². The van der Waals surface area contributed by atoms with Gasteiger partial charge in [-0.05, 0) is 41.6 Å². The number of hydrogen-bond donors (Lipinski definition) is 1. The van der Waals surface area contributed by atoms with Crippen LogP contribution in [0, 0.1) is 21.0 Å². The zero-order chi connectivity index (χ0) is 14.0. The molecule has 2 rings (SSSR count). The molecule has 0 radical (unpaired) electrons. The van der Waals surface area contributed by atoms with Crippen LogP contribution in [0.2, 0.25) is 0 Å². The standard InChI is InChI=1S/C12H9F3IN3/c1-2-17-12-9(16)5-18-11(19-12)6-3-7(13)10(15)8(14)4-6/h3-5H,2H2,1H3,(H,17,18,19). The van der Waals surface area contributed by atoms with Gasteiger partial charge in [-0.3, -0.25) is 0 Å². The molecule has 19 heavy (non-hydrogen) atoms. The quantitative estimate of drug-likeness (QED) is 0.654. The molecule has 1 aromatic carbocycles. The van der Waals surface area contributed by atoms with Crippen molar-refractivity contribution >= 4 is 28.4 Å². The second-order valence-electron chi connectivity index (χ2n) is 3.67. The molecule has 0 unspecified atom stereocenters. The number of nitrogens with zero attached hydrogens (tertiary/aromatic N) is 2. The van der Waals surface area contributed by atoms with E-state index in [2.05, 4.69) is 15.3 Å². The van der Waals surface area contributed by atoms with Gasteiger partial charge in [0, 0.05) is 18.3 Å². The lowest BCUT2D eigenvalue weighted by atomic mass is 10.2. The summed E-state index contributed by atoms with van der Waals surface area (Å²) >= 11 is 2.04. The maximum atomic E-state index is 13.2. The maximum absolute atomic E-state index is 13.2. The van der Waals surface area contributed by atoms with Crippen LogP contribution in [0.4, 0.5) is 19.0 Å². The predicted octanol–water partition coefficient (Wildman–Crippen LogP) is 3.60. The van der Waals surface area contributed by atoms with Crippen molar-refractivity contribution in [1.29, 1.82) is 0 Å². The molecule has 1 N–H and O–H groups in total. The number of hydrogen-bond acceptors (Lipinski definition) is 3. The molecule has 7 heteroatoms. The van der Waals surface area contributed by atoms with E-state index in [1.165, 1.54) is 6.20 Å². The SMILES string of the molecule is CCNc1nc(-c2cc(F)c(F)c(F)c2)ncc1I. The minimum absolute atomic E-state index is 0.0898. The first-order valence-electron chi connectivity index (χ1n) is 5.44. The molecule has 0 aliphatic carbocycles. The fourth-order valence-corrected chi connectivity index (χ4v) is 1.93. The third kappa shape index (κ3) is 2.96. The van der Waals surface area contributed by atoms with Gasteiger partial charge in [-0.1, -0.05) is 0 Å². The summed E-state index contributed by atoms with van der Waals surface area (Å²) in [5, 5.41) is 3.01. The van der Waals surface area contributed by atoms with Gasteiger partial charge in [-0.25, -0.2) is 23.1 Å². The molecule has 0 fully saturated rings. The van der Waals surface area contributed by atoms with Gasteiger partial charge in [0.2, 0.25) is 0 Å². The number of rotatable bonds is 3. The molecule has 0 spiro atoms. The Kier molecular flexibility index (Phi) is 4.23. The first-order valence-corrected chi connectivity index (χ1v) is 6.52. The van der Waals surface area contributed by atoms with Crippen LogP contribution in [-0.2, 0) is 0 Å². The summed E-state index contributed by atoms with van der Waals surface area (Å²) in [4.78, 5) is 8.15. The van der Waals surface area contributed by atoms with Crippen molar-refractivity contribution in [2.24, 2.45) is 0 Å². The van der Waals surface area contributed by atoms with E-state index in [4.69, 9.17) is 0 Å². The van der Waals surface area contributed by atoms with E-state index in [1.54, 1.807) is 0 Å². The highest BCUT2D eigenvalue weighted by Gasteiger charge is 2.14. The summed E-state index contributed by atoms with van der Waals surface area (Å²) < 4.78 is 40.0. The van der Waals surface area contributed by atoms with Gasteiger partial charge in [-0.15, -0.1) is 0 Å². The van der Waals surface area contributed by atoms with Crippen molar-refractivity contribution < 1.29 is 13.2 Å². The largest absolute Gasteiger partial charge is 0.369 e. The average Bonchev–Trinajstić information content (AvgIpc) is 2.38. The number of nitrogens with one attached hydrogen (secondary N) is 1. The van der Waals surface area contributed by atoms with Crippen LogP contribution in [0.5, 0.6) is 0 Å². The molecule has 0 saturated carbocycles. The zero-order valence-electron chi connectivity index (χ0n) is 9.85. The maximum Gasteiger partial charge on any atom is 0.194 e. The second-order valence-corrected chi connectivity index (χ2v) is 4.84. The van der Waals surface area contributed by atoms with Crippen molar-refractivity contribution in [2.45, 2.75) is 6.92 Å². The van der Waals surface area contributed by atoms with E-state index < -0.39 is 17.5 Å². The van der Waals surface area contributed by atoms with Crippen molar-refractivity contribution in [2.75, 3.05) is 11.9 Å². The molecule has 2 aromatic rings. The van der Waals surface area contributed by atoms with E-state index in [0.29, 0.717) is 12.4 Å². The van der Waals surface area contributed by atoms with Crippen molar-refractivity contribution in [1.82, 2.24) is 9.97 Å². The molecule has 0 aliphatic heterocycles. The normalized spacial score (nSPS) is 10.6. The van der Waals surface area contributed by atoms with Crippen LogP contribution < -0.4 is 5.32 Å². The Hall–Kier alpha value is -1.38. The molecule has 0 bridgehead atoms. The zero-order valence-corrected chi connectivity index (χ0v) is 12.0. The first-order chi connectivity index (χ1) is 9.02. The molecule has 0 amide bonds. The van der Waals surface area contributed by atoms with Gasteiger partial charge in [0.25, 0.3) is 0 Å². The highest BCUT2D eigenvalue weighted by Crippen LogP contribution is 2.23. The van der Waals surface area contributed by atoms with E-state index in [0.717, 1.165) is 15.7 Å². The number of halogens is 4. The summed E-state index contributed by atoms with van der Waals surface area (Å²) in [6, 6.07) is 1.74. The van der Waals surface area contributed by atoms with Gasteiger partial charge in [0.15, 0.2) is 23.3 Å². The molecule has 1 heterocycles. The van der Waals surface area contributed by atoms with E-state index in [9.17, 15) is 13.2 Å². The average molecular weight is 379 g/mol. The van der Waals surface area contributed by atoms with Gasteiger partial charge >= 0.3 is 0 Å². The fraction of sp³-hybridized carbons (Fsp3) is 0.167. The molecule has 0 aliphatic rings. The van der Waals surface area contributed by atoms with Crippen LogP contribution >= 0.6 is 22.6 Å². The van der Waals surface area contributed by atoms with Crippen LogP contribution in [-0.4, -0.2) is 16.5 Å². The summed E-state index contributed by atoms with van der Waals surface area (Å²) in [6.07, 6.45) is 1.53. The minimum Gasteiger partial charge on any atom is -0.369 e. The van der Waals surface area contributed by atoms with Crippen LogP contribution in [0.1, 0.15) is 6.92 Å². The Morgan fingerprint density at radius 2 is 1.84 bits per heavy atom. The van der Waals surface area contributed by atoms with Crippen LogP contribution in [0.25, 0.3) is 11.4 Å². The molecular formula is C12H9F3IN3. The lowest BCUT2D eigenvalue weighted by Gasteiger charge is -2.07. The Bertz CT molecular complexity index is 596. The fourth-order valence-electron chi connectivity index (χ4n) is 1.48. The highest BCUT2D eigenvalue weighted by atomic mass is 127. The van der Waals surface area contributed by atoms with Crippen molar-refractivity contribution in [3.63, 3.8) is 0 Å². The summed E-state index contributed by atoms with van der Waals surface area (Å²) in [5.74, 6) is -3.32. The lowest BCUT2D eigenvalue weighted by Crippen LogP contribution is -2.04. The molecule has 3 nitrogen and oxygen atoms in total. The monoisotopic (exact) mass is 379 g/mol. The topological polar surface area (TPSA) is 37.8 Å². The second kappa shape index (κ2) is 5.72. The summed E-state index contributed by atoms with van der Waals surface area (Å²) in [6.45, 7) is 2.55. The number of benzene rings is 1. The number of anilines is 1. The van der Waals surface area contributed by atoms with Gasteiger partial charge in [0.1, 0.15) is 5.82 Å². The molecule has 0 saturated heterocycles. The third-order valence-electron chi connectivity index (χ3n) is 2.33. The van der Waals surface area contributed by atoms with E-state index in [-0.39, 0.29) is 11.4 Å². The molecule has 0 atom stereocenters. The minimum atomic E-state index is -1.50. The number of aromatic nitrogens is 2. The third-order valence-corrected chi connectivity index (χ3v) is 3.12. The summed E-state index contributed by atoms with van der Waals surface area (Å²) in [5.41, 5.74) is 0.0898. The van der Waals surface area contributed by atoms with E-state index >= 15 is 0 Å². The van der Waals surface area contributed by atoms with E-state index in [1.807, 2.05) is 29.5 Å². The Morgan fingerprint density at radius 1 is 1.21 bits per heavy atom.